The Balaban J connectivity index is 1.76. The SMILES string of the molecule is C[C@@H](O)C(NC(=O)c1ccc(Cl)cc1)c1nc(-c2ccc(OC(C)(F)F)cc2)no1. The fraction of sp³-hybridized carbons (Fsp3) is 0.250. The molecule has 0 aliphatic heterocycles. The molecule has 3 aromatic rings. The summed E-state index contributed by atoms with van der Waals surface area (Å²) < 4.78 is 35.5. The Kier molecular flexibility index (Phi) is 6.33. The van der Waals surface area contributed by atoms with Gasteiger partial charge in [0.05, 0.1) is 6.10 Å². The van der Waals surface area contributed by atoms with Gasteiger partial charge in [0.15, 0.2) is 0 Å². The molecule has 0 aliphatic carbocycles. The van der Waals surface area contributed by atoms with Crippen molar-refractivity contribution in [2.75, 3.05) is 0 Å². The van der Waals surface area contributed by atoms with Crippen molar-refractivity contribution in [2.24, 2.45) is 0 Å². The van der Waals surface area contributed by atoms with E-state index < -0.39 is 24.2 Å². The van der Waals surface area contributed by atoms with Crippen LogP contribution in [0.15, 0.2) is 53.1 Å². The molecular formula is C20H18ClF2N3O4. The Morgan fingerprint density at radius 2 is 1.83 bits per heavy atom. The highest BCUT2D eigenvalue weighted by Gasteiger charge is 2.27. The molecule has 30 heavy (non-hydrogen) atoms. The lowest BCUT2D eigenvalue weighted by Crippen LogP contribution is -2.35. The van der Waals surface area contributed by atoms with Gasteiger partial charge in [0.2, 0.25) is 5.82 Å². The van der Waals surface area contributed by atoms with Gasteiger partial charge in [-0.05, 0) is 55.5 Å². The Bertz CT molecular complexity index is 1000. The number of ether oxygens (including phenoxy) is 1. The minimum Gasteiger partial charge on any atom is -0.433 e. The Morgan fingerprint density at radius 3 is 2.40 bits per heavy atom. The minimum absolute atomic E-state index is 0.0114. The van der Waals surface area contributed by atoms with Crippen molar-refractivity contribution in [3.8, 4) is 17.1 Å². The first-order valence-corrected chi connectivity index (χ1v) is 9.25. The highest BCUT2D eigenvalue weighted by molar-refractivity contribution is 6.30. The van der Waals surface area contributed by atoms with Crippen LogP contribution in [0.1, 0.15) is 36.1 Å². The van der Waals surface area contributed by atoms with E-state index in [1.54, 1.807) is 24.3 Å². The van der Waals surface area contributed by atoms with Gasteiger partial charge in [-0.25, -0.2) is 0 Å². The van der Waals surface area contributed by atoms with Gasteiger partial charge in [-0.1, -0.05) is 16.8 Å². The Hall–Kier alpha value is -3.04. The predicted octanol–water partition coefficient (Wildman–Crippen LogP) is 4.23. The van der Waals surface area contributed by atoms with Crippen LogP contribution in [0.25, 0.3) is 11.4 Å². The van der Waals surface area contributed by atoms with Crippen LogP contribution in [0.4, 0.5) is 8.78 Å². The smallest absolute Gasteiger partial charge is 0.394 e. The zero-order chi connectivity index (χ0) is 21.9. The lowest BCUT2D eigenvalue weighted by molar-refractivity contribution is -0.158. The summed E-state index contributed by atoms with van der Waals surface area (Å²) in [6, 6.07) is 10.9. The molecule has 1 amide bonds. The van der Waals surface area contributed by atoms with Crippen LogP contribution in [0.3, 0.4) is 0 Å². The van der Waals surface area contributed by atoms with E-state index >= 15 is 0 Å². The maximum atomic E-state index is 12.9. The van der Waals surface area contributed by atoms with Crippen LogP contribution in [-0.2, 0) is 0 Å². The fourth-order valence-electron chi connectivity index (χ4n) is 2.57. The molecule has 1 heterocycles. The average molecular weight is 438 g/mol. The first-order valence-electron chi connectivity index (χ1n) is 8.88. The molecule has 7 nitrogen and oxygen atoms in total. The number of amides is 1. The predicted molar refractivity (Wildman–Crippen MR) is 104 cm³/mol. The monoisotopic (exact) mass is 437 g/mol. The van der Waals surface area contributed by atoms with E-state index in [0.29, 0.717) is 23.1 Å². The summed E-state index contributed by atoms with van der Waals surface area (Å²) in [4.78, 5) is 16.6. The second-order valence-electron chi connectivity index (χ2n) is 6.59. The summed E-state index contributed by atoms with van der Waals surface area (Å²) in [5.74, 6) is -0.333. The molecule has 0 radical (unpaired) electrons. The lowest BCUT2D eigenvalue weighted by atomic mass is 10.1. The molecule has 2 atom stereocenters. The van der Waals surface area contributed by atoms with Gasteiger partial charge in [0.25, 0.3) is 11.8 Å². The highest BCUT2D eigenvalue weighted by Crippen LogP contribution is 2.26. The van der Waals surface area contributed by atoms with Crippen LogP contribution < -0.4 is 10.1 Å². The van der Waals surface area contributed by atoms with E-state index in [2.05, 4.69) is 20.2 Å². The van der Waals surface area contributed by atoms with Crippen molar-refractivity contribution in [1.29, 1.82) is 0 Å². The third kappa shape index (κ3) is 5.52. The van der Waals surface area contributed by atoms with Gasteiger partial charge in [-0.3, -0.25) is 4.79 Å². The van der Waals surface area contributed by atoms with Gasteiger partial charge >= 0.3 is 6.11 Å². The van der Waals surface area contributed by atoms with Crippen molar-refractivity contribution in [2.45, 2.75) is 32.1 Å². The topological polar surface area (TPSA) is 97.5 Å². The zero-order valence-electron chi connectivity index (χ0n) is 16.0. The lowest BCUT2D eigenvalue weighted by Gasteiger charge is -2.17. The number of alkyl halides is 2. The molecule has 0 saturated carbocycles. The van der Waals surface area contributed by atoms with E-state index in [9.17, 15) is 18.7 Å². The molecule has 1 unspecified atom stereocenters. The van der Waals surface area contributed by atoms with Crippen LogP contribution in [0, 0.1) is 0 Å². The first kappa shape index (κ1) is 21.7. The van der Waals surface area contributed by atoms with Gasteiger partial charge in [0.1, 0.15) is 11.8 Å². The summed E-state index contributed by atoms with van der Waals surface area (Å²) in [6.07, 6.45) is -4.33. The van der Waals surface area contributed by atoms with Gasteiger partial charge in [0, 0.05) is 23.1 Å². The summed E-state index contributed by atoms with van der Waals surface area (Å²) in [7, 11) is 0. The molecule has 0 aliphatic rings. The number of carbonyl (C=O) groups excluding carboxylic acids is 1. The van der Waals surface area contributed by atoms with Crippen molar-refractivity contribution >= 4 is 17.5 Å². The molecule has 0 fully saturated rings. The molecule has 2 aromatic carbocycles. The summed E-state index contributed by atoms with van der Waals surface area (Å²) in [5.41, 5.74) is 0.818. The van der Waals surface area contributed by atoms with Crippen LogP contribution >= 0.6 is 11.6 Å². The number of aliphatic hydroxyl groups excluding tert-OH is 1. The number of aromatic nitrogens is 2. The molecular weight excluding hydrogens is 420 g/mol. The van der Waals surface area contributed by atoms with Gasteiger partial charge in [-0.15, -0.1) is 0 Å². The Morgan fingerprint density at radius 1 is 1.20 bits per heavy atom. The number of nitrogens with one attached hydrogen (secondary N) is 1. The molecule has 2 N–H and O–H groups in total. The second kappa shape index (κ2) is 8.76. The third-order valence-corrected chi connectivity index (χ3v) is 4.24. The van der Waals surface area contributed by atoms with Crippen LogP contribution in [-0.4, -0.2) is 33.4 Å². The van der Waals surface area contributed by atoms with Crippen molar-refractivity contribution in [3.63, 3.8) is 0 Å². The molecule has 3 rings (SSSR count). The molecule has 0 saturated heterocycles. The van der Waals surface area contributed by atoms with E-state index in [-0.39, 0.29) is 17.5 Å². The third-order valence-electron chi connectivity index (χ3n) is 3.99. The van der Waals surface area contributed by atoms with Crippen molar-refractivity contribution in [1.82, 2.24) is 15.5 Å². The second-order valence-corrected chi connectivity index (χ2v) is 7.03. The Labute approximate surface area is 175 Å². The molecule has 1 aromatic heterocycles. The maximum Gasteiger partial charge on any atom is 0.394 e. The number of carbonyl (C=O) groups is 1. The summed E-state index contributed by atoms with van der Waals surface area (Å²) in [5, 5.41) is 17.0. The van der Waals surface area contributed by atoms with E-state index in [0.717, 1.165) is 0 Å². The summed E-state index contributed by atoms with van der Waals surface area (Å²) in [6.45, 7) is 2.11. The van der Waals surface area contributed by atoms with Crippen LogP contribution in [0.5, 0.6) is 5.75 Å². The van der Waals surface area contributed by atoms with E-state index in [1.165, 1.54) is 31.2 Å². The average Bonchev–Trinajstić information content (AvgIpc) is 3.15. The first-order chi connectivity index (χ1) is 14.1. The highest BCUT2D eigenvalue weighted by atomic mass is 35.5. The van der Waals surface area contributed by atoms with Gasteiger partial charge in [-0.2, -0.15) is 13.8 Å². The number of rotatable bonds is 7. The zero-order valence-corrected chi connectivity index (χ0v) is 16.7. The quantitative estimate of drug-likeness (QED) is 0.574. The van der Waals surface area contributed by atoms with Crippen molar-refractivity contribution < 1.29 is 27.9 Å². The normalized spacial score (nSPS) is 13.5. The molecule has 0 bridgehead atoms. The minimum atomic E-state index is -3.30. The fourth-order valence-corrected chi connectivity index (χ4v) is 2.70. The summed E-state index contributed by atoms with van der Waals surface area (Å²) >= 11 is 5.82. The van der Waals surface area contributed by atoms with Crippen LogP contribution in [0.2, 0.25) is 5.02 Å². The maximum absolute atomic E-state index is 12.9. The number of halogens is 3. The van der Waals surface area contributed by atoms with Crippen molar-refractivity contribution in [3.05, 3.63) is 65.0 Å². The number of aliphatic hydroxyl groups is 1. The number of benzene rings is 2. The largest absolute Gasteiger partial charge is 0.433 e. The number of nitrogens with zero attached hydrogens (tertiary/aromatic N) is 2. The number of hydrogen-bond donors (Lipinski definition) is 2. The standard InChI is InChI=1S/C20H18ClF2N3O4/c1-11(27)16(24-18(28)13-3-7-14(21)8-4-13)19-25-17(26-30-19)12-5-9-15(10-6-12)29-20(2,22)23/h3-11,16,27H,1-2H3,(H,24,28)/t11-,16?/m1/s1. The van der Waals surface area contributed by atoms with E-state index in [1.807, 2.05) is 0 Å². The van der Waals surface area contributed by atoms with Gasteiger partial charge < -0.3 is 19.7 Å². The molecule has 0 spiro atoms. The van der Waals surface area contributed by atoms with E-state index in [4.69, 9.17) is 16.1 Å². The number of hydrogen-bond acceptors (Lipinski definition) is 6. The molecule has 158 valence electrons. The molecule has 10 heteroatoms.